The molecule has 2 aromatic carbocycles. The third-order valence-electron chi connectivity index (χ3n) is 6.48. The van der Waals surface area contributed by atoms with Crippen molar-refractivity contribution in [2.45, 2.75) is 30.8 Å². The van der Waals surface area contributed by atoms with Gasteiger partial charge < -0.3 is 25.5 Å². The van der Waals surface area contributed by atoms with Crippen LogP contribution in [-0.2, 0) is 0 Å². The number of anilines is 1. The average Bonchev–Trinajstić information content (AvgIpc) is 3.33. The van der Waals surface area contributed by atoms with Crippen molar-refractivity contribution in [3.63, 3.8) is 0 Å². The van der Waals surface area contributed by atoms with Crippen LogP contribution in [0.2, 0.25) is 0 Å². The van der Waals surface area contributed by atoms with E-state index in [0.29, 0.717) is 6.42 Å². The molecule has 0 amide bonds. The summed E-state index contributed by atoms with van der Waals surface area (Å²) in [4.78, 5) is 11.3. The van der Waals surface area contributed by atoms with Crippen molar-refractivity contribution in [2.75, 3.05) is 11.9 Å². The molecule has 1 aliphatic carbocycles. The summed E-state index contributed by atoms with van der Waals surface area (Å²) in [5.74, 6) is 0.288. The van der Waals surface area contributed by atoms with Gasteiger partial charge in [0.1, 0.15) is 24.4 Å². The van der Waals surface area contributed by atoms with Crippen LogP contribution in [0.15, 0.2) is 76.8 Å². The molecule has 5 rings (SSSR count). The molecule has 7 nitrogen and oxygen atoms in total. The maximum absolute atomic E-state index is 10.7. The molecule has 1 fully saturated rings. The fourth-order valence-electron chi connectivity index (χ4n) is 4.88. The first kappa shape index (κ1) is 19.9. The van der Waals surface area contributed by atoms with Crippen LogP contribution in [0.4, 0.5) is 5.69 Å². The van der Waals surface area contributed by atoms with E-state index < -0.39 is 12.2 Å². The molecule has 3 aliphatic rings. The monoisotopic (exact) mass is 418 g/mol. The smallest absolute Gasteiger partial charge is 0.136 e. The highest BCUT2D eigenvalue weighted by Gasteiger charge is 2.50. The molecule has 0 bridgehead atoms. The quantitative estimate of drug-likeness (QED) is 0.608. The second kappa shape index (κ2) is 8.26. The SMILES string of the molecule is OCC1CC(N2C=C(c3ccccc3)C3C(Nc4ccccc4)=NC=NC32)C(O)C1O. The first-order valence-electron chi connectivity index (χ1n) is 10.6. The topological polar surface area (TPSA) is 101 Å². The Bertz CT molecular complexity index is 1010. The van der Waals surface area contributed by atoms with Gasteiger partial charge in [-0.15, -0.1) is 0 Å². The van der Waals surface area contributed by atoms with Gasteiger partial charge in [0, 0.05) is 24.4 Å². The third kappa shape index (κ3) is 3.54. The Morgan fingerprint density at radius 3 is 2.35 bits per heavy atom. The Hall–Kier alpha value is -3.00. The number of aliphatic imine (C=N–C) groups is 2. The minimum Gasteiger partial charge on any atom is -0.396 e. The summed E-state index contributed by atoms with van der Waals surface area (Å²) in [5, 5.41) is 34.2. The van der Waals surface area contributed by atoms with Gasteiger partial charge in [0.15, 0.2) is 0 Å². The first-order chi connectivity index (χ1) is 15.2. The zero-order valence-corrected chi connectivity index (χ0v) is 17.0. The summed E-state index contributed by atoms with van der Waals surface area (Å²) in [6.45, 7) is -0.155. The number of nitrogens with one attached hydrogen (secondary N) is 1. The Morgan fingerprint density at radius 2 is 1.68 bits per heavy atom. The van der Waals surface area contributed by atoms with E-state index in [-0.39, 0.29) is 30.7 Å². The highest BCUT2D eigenvalue weighted by molar-refractivity contribution is 6.09. The summed E-state index contributed by atoms with van der Waals surface area (Å²) in [5.41, 5.74) is 3.06. The van der Waals surface area contributed by atoms with Crippen LogP contribution >= 0.6 is 0 Å². The van der Waals surface area contributed by atoms with E-state index in [4.69, 9.17) is 0 Å². The second-order valence-electron chi connectivity index (χ2n) is 8.29. The van der Waals surface area contributed by atoms with Crippen molar-refractivity contribution < 1.29 is 15.3 Å². The Kier molecular flexibility index (Phi) is 5.31. The molecule has 0 spiro atoms. The van der Waals surface area contributed by atoms with Gasteiger partial charge in [0.2, 0.25) is 0 Å². The predicted octanol–water partition coefficient (Wildman–Crippen LogP) is 1.94. The maximum Gasteiger partial charge on any atom is 0.136 e. The molecule has 6 unspecified atom stereocenters. The molecule has 6 atom stereocenters. The van der Waals surface area contributed by atoms with E-state index in [0.717, 1.165) is 22.7 Å². The lowest BCUT2D eigenvalue weighted by Gasteiger charge is -2.35. The van der Waals surface area contributed by atoms with Crippen molar-refractivity contribution in [1.82, 2.24) is 4.90 Å². The summed E-state index contributed by atoms with van der Waals surface area (Å²) in [7, 11) is 0. The number of aliphatic hydroxyl groups is 3. The summed E-state index contributed by atoms with van der Waals surface area (Å²) >= 11 is 0. The predicted molar refractivity (Wildman–Crippen MR) is 121 cm³/mol. The minimum absolute atomic E-state index is 0.148. The van der Waals surface area contributed by atoms with Gasteiger partial charge in [-0.1, -0.05) is 48.5 Å². The van der Waals surface area contributed by atoms with Gasteiger partial charge >= 0.3 is 0 Å². The summed E-state index contributed by atoms with van der Waals surface area (Å²) in [6.07, 6.45) is 1.89. The maximum atomic E-state index is 10.7. The molecule has 0 saturated heterocycles. The lowest BCUT2D eigenvalue weighted by atomic mass is 9.91. The van der Waals surface area contributed by atoms with Crippen LogP contribution in [-0.4, -0.2) is 63.4 Å². The number of fused-ring (bicyclic) bond motifs is 1. The van der Waals surface area contributed by atoms with E-state index in [1.54, 1.807) is 6.34 Å². The van der Waals surface area contributed by atoms with Gasteiger partial charge in [0.05, 0.1) is 18.1 Å². The standard InChI is InChI=1S/C24H26N4O3/c29-13-16-11-19(22(31)21(16)30)28-12-18(15-7-3-1-4-8-15)20-23(25-14-26-24(20)28)27-17-9-5-2-6-10-17/h1-10,12,14,16,19-22,24,29-31H,11,13H2,(H,25,26,27). The molecule has 0 aromatic heterocycles. The number of para-hydroxylation sites is 1. The number of amidine groups is 1. The molecule has 2 heterocycles. The highest BCUT2D eigenvalue weighted by Crippen LogP contribution is 2.43. The van der Waals surface area contributed by atoms with Crippen molar-refractivity contribution in [1.29, 1.82) is 0 Å². The van der Waals surface area contributed by atoms with Gasteiger partial charge in [-0.05, 0) is 29.7 Å². The number of nitrogens with zero attached hydrogens (tertiary/aromatic N) is 3. The molecule has 7 heteroatoms. The lowest BCUT2D eigenvalue weighted by Crippen LogP contribution is -2.47. The number of benzene rings is 2. The van der Waals surface area contributed by atoms with Gasteiger partial charge in [-0.25, -0.2) is 9.98 Å². The fraction of sp³-hybridized carbons (Fsp3) is 0.333. The fourth-order valence-corrected chi connectivity index (χ4v) is 4.88. The van der Waals surface area contributed by atoms with Crippen molar-refractivity contribution in [3.05, 3.63) is 72.4 Å². The van der Waals surface area contributed by atoms with Crippen molar-refractivity contribution in [2.24, 2.45) is 21.8 Å². The Morgan fingerprint density at radius 1 is 0.968 bits per heavy atom. The van der Waals surface area contributed by atoms with E-state index in [1.165, 1.54) is 0 Å². The number of hydrogen-bond donors (Lipinski definition) is 4. The normalized spacial score (nSPS) is 31.9. The van der Waals surface area contributed by atoms with Gasteiger partial charge in [-0.3, -0.25) is 0 Å². The van der Waals surface area contributed by atoms with Crippen molar-refractivity contribution in [3.8, 4) is 0 Å². The van der Waals surface area contributed by atoms with E-state index in [9.17, 15) is 15.3 Å². The lowest BCUT2D eigenvalue weighted by molar-refractivity contribution is -0.0152. The minimum atomic E-state index is -0.955. The molecular formula is C24H26N4O3. The first-order valence-corrected chi connectivity index (χ1v) is 10.6. The van der Waals surface area contributed by atoms with Crippen LogP contribution in [0.1, 0.15) is 12.0 Å². The van der Waals surface area contributed by atoms with E-state index >= 15 is 0 Å². The molecule has 4 N–H and O–H groups in total. The molecule has 2 aromatic rings. The summed E-state index contributed by atoms with van der Waals surface area (Å²) in [6, 6.07) is 19.6. The molecular weight excluding hydrogens is 392 g/mol. The van der Waals surface area contributed by atoms with Crippen LogP contribution in [0, 0.1) is 11.8 Å². The van der Waals surface area contributed by atoms with Crippen LogP contribution in [0.25, 0.3) is 5.57 Å². The van der Waals surface area contributed by atoms with Crippen molar-refractivity contribution >= 4 is 23.4 Å². The molecule has 160 valence electrons. The van der Waals surface area contributed by atoms with Gasteiger partial charge in [0.25, 0.3) is 0 Å². The number of aliphatic hydroxyl groups excluding tert-OH is 3. The zero-order valence-electron chi connectivity index (χ0n) is 17.0. The zero-order chi connectivity index (χ0) is 21.4. The Balaban J connectivity index is 1.52. The van der Waals surface area contributed by atoms with Crippen LogP contribution in [0.3, 0.4) is 0 Å². The van der Waals surface area contributed by atoms with Crippen LogP contribution in [0.5, 0.6) is 0 Å². The molecule has 31 heavy (non-hydrogen) atoms. The Labute approximate surface area is 181 Å². The average molecular weight is 418 g/mol. The van der Waals surface area contributed by atoms with E-state index in [2.05, 4.69) is 27.4 Å². The number of hydrogen-bond acceptors (Lipinski definition) is 7. The second-order valence-corrected chi connectivity index (χ2v) is 8.29. The largest absolute Gasteiger partial charge is 0.396 e. The number of rotatable bonds is 4. The molecule has 2 aliphatic heterocycles. The van der Waals surface area contributed by atoms with Gasteiger partial charge in [-0.2, -0.15) is 0 Å². The van der Waals surface area contributed by atoms with Crippen LogP contribution < -0.4 is 5.32 Å². The summed E-state index contributed by atoms with van der Waals surface area (Å²) < 4.78 is 0. The highest BCUT2D eigenvalue weighted by atomic mass is 16.3. The van der Waals surface area contributed by atoms with E-state index in [1.807, 2.05) is 59.6 Å². The molecule has 0 radical (unpaired) electrons. The molecule has 1 saturated carbocycles. The third-order valence-corrected chi connectivity index (χ3v) is 6.48.